The lowest BCUT2D eigenvalue weighted by molar-refractivity contribution is -0.138. The van der Waals surface area contributed by atoms with E-state index in [1.807, 2.05) is 0 Å². The largest absolute Gasteiger partial charge is 0.481 e. The van der Waals surface area contributed by atoms with Gasteiger partial charge in [0, 0.05) is 38.8 Å². The molecule has 0 aromatic carbocycles. The monoisotopic (exact) mass is 240 g/mol. The zero-order valence-corrected chi connectivity index (χ0v) is 10.8. The van der Waals surface area contributed by atoms with Gasteiger partial charge in [0.05, 0.1) is 6.42 Å². The molecule has 1 aliphatic carbocycles. The Labute approximate surface area is 104 Å². The summed E-state index contributed by atoms with van der Waals surface area (Å²) >= 11 is 0. The molecule has 0 radical (unpaired) electrons. The summed E-state index contributed by atoms with van der Waals surface area (Å²) < 4.78 is 0. The molecule has 0 bridgehead atoms. The predicted octanol–water partition coefficient (Wildman–Crippen LogP) is 1.27. The maximum Gasteiger partial charge on any atom is 0.304 e. The molecule has 1 N–H and O–H groups in total. The highest BCUT2D eigenvalue weighted by Gasteiger charge is 2.28. The summed E-state index contributed by atoms with van der Waals surface area (Å²) in [6.45, 7) is 7.67. The second-order valence-corrected chi connectivity index (χ2v) is 5.44. The summed E-state index contributed by atoms with van der Waals surface area (Å²) in [6.07, 6.45) is 4.06. The van der Waals surface area contributed by atoms with Crippen molar-refractivity contribution in [2.45, 2.75) is 38.6 Å². The van der Waals surface area contributed by atoms with E-state index < -0.39 is 5.97 Å². The maximum absolute atomic E-state index is 10.8. The molecule has 0 amide bonds. The van der Waals surface area contributed by atoms with Crippen molar-refractivity contribution < 1.29 is 9.90 Å². The Morgan fingerprint density at radius 3 is 2.41 bits per heavy atom. The van der Waals surface area contributed by atoms with Crippen molar-refractivity contribution in [3.8, 4) is 0 Å². The lowest BCUT2D eigenvalue weighted by Crippen LogP contribution is -2.51. The van der Waals surface area contributed by atoms with Gasteiger partial charge in [0.2, 0.25) is 0 Å². The van der Waals surface area contributed by atoms with Crippen molar-refractivity contribution >= 4 is 5.97 Å². The third-order valence-corrected chi connectivity index (χ3v) is 4.02. The molecule has 2 fully saturated rings. The minimum atomic E-state index is -0.669. The van der Waals surface area contributed by atoms with Crippen LogP contribution in [0.15, 0.2) is 0 Å². The number of nitrogens with zero attached hydrogens (tertiary/aromatic N) is 2. The van der Waals surface area contributed by atoms with Crippen LogP contribution in [-0.4, -0.2) is 59.6 Å². The molecule has 1 atom stereocenters. The van der Waals surface area contributed by atoms with Crippen molar-refractivity contribution in [3.05, 3.63) is 0 Å². The number of hydrogen-bond acceptors (Lipinski definition) is 3. The Morgan fingerprint density at radius 1 is 1.29 bits per heavy atom. The van der Waals surface area contributed by atoms with Gasteiger partial charge in [0.1, 0.15) is 0 Å². The van der Waals surface area contributed by atoms with Crippen LogP contribution in [0.5, 0.6) is 0 Å². The van der Waals surface area contributed by atoms with Gasteiger partial charge in [-0.3, -0.25) is 9.69 Å². The fourth-order valence-electron chi connectivity index (χ4n) is 2.71. The second kappa shape index (κ2) is 5.83. The number of carboxylic acid groups (broad SMARTS) is 1. The van der Waals surface area contributed by atoms with Crippen LogP contribution in [0, 0.1) is 5.92 Å². The minimum absolute atomic E-state index is 0.232. The number of piperazine rings is 1. The molecule has 1 unspecified atom stereocenters. The highest BCUT2D eigenvalue weighted by Crippen LogP contribution is 2.30. The average molecular weight is 240 g/mol. The highest BCUT2D eigenvalue weighted by molar-refractivity contribution is 5.67. The minimum Gasteiger partial charge on any atom is -0.481 e. The molecule has 1 heterocycles. The van der Waals surface area contributed by atoms with Crippen LogP contribution >= 0.6 is 0 Å². The third-order valence-electron chi connectivity index (χ3n) is 4.02. The zero-order valence-electron chi connectivity index (χ0n) is 10.8. The lowest BCUT2D eigenvalue weighted by atomic mass is 10.1. The fourth-order valence-corrected chi connectivity index (χ4v) is 2.71. The Hall–Kier alpha value is -0.610. The van der Waals surface area contributed by atoms with E-state index in [1.165, 1.54) is 19.4 Å². The molecule has 0 spiro atoms. The summed E-state index contributed by atoms with van der Waals surface area (Å²) in [5, 5.41) is 8.89. The van der Waals surface area contributed by atoms with Gasteiger partial charge in [-0.05, 0) is 25.2 Å². The average Bonchev–Trinajstić information content (AvgIpc) is 3.11. The van der Waals surface area contributed by atoms with E-state index in [2.05, 4.69) is 16.7 Å². The van der Waals surface area contributed by atoms with Crippen LogP contribution in [0.3, 0.4) is 0 Å². The van der Waals surface area contributed by atoms with Crippen molar-refractivity contribution in [1.82, 2.24) is 9.80 Å². The van der Waals surface area contributed by atoms with Crippen LogP contribution < -0.4 is 0 Å². The molecule has 2 aliphatic rings. The van der Waals surface area contributed by atoms with Gasteiger partial charge in [0.15, 0.2) is 0 Å². The molecule has 1 saturated heterocycles. The van der Waals surface area contributed by atoms with Crippen molar-refractivity contribution in [2.24, 2.45) is 5.92 Å². The molecular formula is C13H24N2O2. The Bertz CT molecular complexity index is 258. The molecule has 98 valence electrons. The van der Waals surface area contributed by atoms with Crippen molar-refractivity contribution in [1.29, 1.82) is 0 Å². The van der Waals surface area contributed by atoms with E-state index in [0.29, 0.717) is 6.42 Å². The molecule has 4 nitrogen and oxygen atoms in total. The smallest absolute Gasteiger partial charge is 0.304 e. The first-order chi connectivity index (χ1) is 8.19. The van der Waals surface area contributed by atoms with Gasteiger partial charge in [-0.15, -0.1) is 0 Å². The summed E-state index contributed by atoms with van der Waals surface area (Å²) in [5.74, 6) is 0.291. The van der Waals surface area contributed by atoms with E-state index in [4.69, 9.17) is 5.11 Å². The number of rotatable bonds is 6. The van der Waals surface area contributed by atoms with E-state index in [9.17, 15) is 4.79 Å². The summed E-state index contributed by atoms with van der Waals surface area (Å²) in [6, 6.07) is 0.232. The topological polar surface area (TPSA) is 43.8 Å². The molecule has 4 heteroatoms. The van der Waals surface area contributed by atoms with Crippen LogP contribution in [0.1, 0.15) is 32.6 Å². The number of aliphatic carboxylic acids is 1. The molecule has 1 saturated carbocycles. The van der Waals surface area contributed by atoms with Gasteiger partial charge >= 0.3 is 5.97 Å². The molecule has 17 heavy (non-hydrogen) atoms. The van der Waals surface area contributed by atoms with Gasteiger partial charge in [-0.1, -0.05) is 6.92 Å². The summed E-state index contributed by atoms with van der Waals surface area (Å²) in [7, 11) is 0. The van der Waals surface area contributed by atoms with Crippen LogP contribution in [0.4, 0.5) is 0 Å². The number of carboxylic acids is 1. The third kappa shape index (κ3) is 3.96. The standard InChI is InChI=1S/C13H24N2O2/c1-2-12(9-13(16)17)15-7-5-14(6-8-15)10-11-3-4-11/h11-12H,2-10H2,1H3,(H,16,17). The molecule has 0 aromatic rings. The predicted molar refractivity (Wildman–Crippen MR) is 67.1 cm³/mol. The normalized spacial score (nSPS) is 24.8. The van der Waals surface area contributed by atoms with E-state index in [0.717, 1.165) is 38.5 Å². The number of carbonyl (C=O) groups is 1. The van der Waals surface area contributed by atoms with Crippen LogP contribution in [0.25, 0.3) is 0 Å². The van der Waals surface area contributed by atoms with Crippen LogP contribution in [-0.2, 0) is 4.79 Å². The SMILES string of the molecule is CCC(CC(=O)O)N1CCN(CC2CC2)CC1. The van der Waals surface area contributed by atoms with Gasteiger partial charge in [-0.25, -0.2) is 0 Å². The first-order valence-corrected chi connectivity index (χ1v) is 6.87. The summed E-state index contributed by atoms with van der Waals surface area (Å²) in [4.78, 5) is 15.7. The van der Waals surface area contributed by atoms with Gasteiger partial charge in [0.25, 0.3) is 0 Å². The van der Waals surface area contributed by atoms with E-state index in [-0.39, 0.29) is 6.04 Å². The maximum atomic E-state index is 10.8. The van der Waals surface area contributed by atoms with E-state index in [1.54, 1.807) is 0 Å². The Morgan fingerprint density at radius 2 is 1.94 bits per heavy atom. The van der Waals surface area contributed by atoms with Crippen molar-refractivity contribution in [3.63, 3.8) is 0 Å². The molecular weight excluding hydrogens is 216 g/mol. The Balaban J connectivity index is 1.73. The van der Waals surface area contributed by atoms with Crippen LogP contribution in [0.2, 0.25) is 0 Å². The first kappa shape index (κ1) is 12.8. The zero-order chi connectivity index (χ0) is 12.3. The molecule has 2 rings (SSSR count). The first-order valence-electron chi connectivity index (χ1n) is 6.87. The quantitative estimate of drug-likeness (QED) is 0.759. The molecule has 0 aromatic heterocycles. The fraction of sp³-hybridized carbons (Fsp3) is 0.923. The number of hydrogen-bond donors (Lipinski definition) is 1. The lowest BCUT2D eigenvalue weighted by Gasteiger charge is -2.38. The van der Waals surface area contributed by atoms with Crippen molar-refractivity contribution in [2.75, 3.05) is 32.7 Å². The summed E-state index contributed by atoms with van der Waals surface area (Å²) in [5.41, 5.74) is 0. The Kier molecular flexibility index (Phi) is 4.40. The van der Waals surface area contributed by atoms with Gasteiger partial charge in [-0.2, -0.15) is 0 Å². The molecule has 1 aliphatic heterocycles. The van der Waals surface area contributed by atoms with Gasteiger partial charge < -0.3 is 10.0 Å². The second-order valence-electron chi connectivity index (χ2n) is 5.44. The highest BCUT2D eigenvalue weighted by atomic mass is 16.4. The van der Waals surface area contributed by atoms with E-state index >= 15 is 0 Å².